The number of morpholine rings is 1. The molecule has 17 heavy (non-hydrogen) atoms. The quantitative estimate of drug-likeness (QED) is 0.822. The maximum absolute atomic E-state index is 12.2. The first-order valence-corrected chi connectivity index (χ1v) is 6.22. The van der Waals surface area contributed by atoms with Crippen LogP contribution >= 0.6 is 11.3 Å². The van der Waals surface area contributed by atoms with Crippen LogP contribution in [-0.4, -0.2) is 56.2 Å². The molecule has 1 amide bonds. The molecule has 0 aliphatic carbocycles. The average Bonchev–Trinajstić information content (AvgIpc) is 2.72. The number of thiazole rings is 1. The Morgan fingerprint density at radius 2 is 2.12 bits per heavy atom. The molecule has 0 aromatic carbocycles. The Hall–Kier alpha value is -1.34. The standard InChI is InChI=1S/C10H16N4O2S/c1-13(2)10-12-8(11)7(17-10)9(15)14-3-5-16-6-4-14/h3-6,11H2,1-2H3. The summed E-state index contributed by atoms with van der Waals surface area (Å²) in [7, 11) is 3.75. The third-order valence-electron chi connectivity index (χ3n) is 2.52. The van der Waals surface area contributed by atoms with Crippen molar-refractivity contribution in [3.8, 4) is 0 Å². The van der Waals surface area contributed by atoms with Gasteiger partial charge >= 0.3 is 0 Å². The highest BCUT2D eigenvalue weighted by atomic mass is 32.1. The van der Waals surface area contributed by atoms with Crippen molar-refractivity contribution >= 4 is 28.2 Å². The number of carbonyl (C=O) groups is 1. The molecule has 1 aliphatic rings. The minimum absolute atomic E-state index is 0.0450. The van der Waals surface area contributed by atoms with Gasteiger partial charge in [0.1, 0.15) is 10.7 Å². The number of aromatic nitrogens is 1. The monoisotopic (exact) mass is 256 g/mol. The summed E-state index contributed by atoms with van der Waals surface area (Å²) in [4.78, 5) is 20.5. The molecule has 2 N–H and O–H groups in total. The number of hydrogen-bond donors (Lipinski definition) is 1. The van der Waals surface area contributed by atoms with Gasteiger partial charge in [-0.1, -0.05) is 11.3 Å². The van der Waals surface area contributed by atoms with Gasteiger partial charge in [-0.3, -0.25) is 4.79 Å². The van der Waals surface area contributed by atoms with Crippen molar-refractivity contribution in [2.75, 3.05) is 51.0 Å². The van der Waals surface area contributed by atoms with Crippen LogP contribution in [0, 0.1) is 0 Å². The highest BCUT2D eigenvalue weighted by molar-refractivity contribution is 7.18. The number of ether oxygens (including phenoxy) is 1. The molecular formula is C10H16N4O2S. The van der Waals surface area contributed by atoms with Gasteiger partial charge in [-0.2, -0.15) is 0 Å². The van der Waals surface area contributed by atoms with E-state index in [1.165, 1.54) is 11.3 Å². The molecule has 0 spiro atoms. The SMILES string of the molecule is CN(C)c1nc(N)c(C(=O)N2CCOCC2)s1. The third-order valence-corrected chi connectivity index (χ3v) is 3.74. The number of hydrogen-bond acceptors (Lipinski definition) is 6. The second-order valence-electron chi connectivity index (χ2n) is 4.01. The van der Waals surface area contributed by atoms with E-state index in [1.807, 2.05) is 19.0 Å². The number of carbonyl (C=O) groups excluding carboxylic acids is 1. The van der Waals surface area contributed by atoms with Crippen molar-refractivity contribution in [3.05, 3.63) is 4.88 Å². The summed E-state index contributed by atoms with van der Waals surface area (Å²) in [5.74, 6) is 0.270. The van der Waals surface area contributed by atoms with Crippen LogP contribution in [0.3, 0.4) is 0 Å². The molecule has 1 saturated heterocycles. The van der Waals surface area contributed by atoms with Crippen molar-refractivity contribution < 1.29 is 9.53 Å². The first-order chi connectivity index (χ1) is 8.09. The van der Waals surface area contributed by atoms with E-state index < -0.39 is 0 Å². The Balaban J connectivity index is 2.18. The van der Waals surface area contributed by atoms with Gasteiger partial charge in [0.15, 0.2) is 5.13 Å². The Morgan fingerprint density at radius 1 is 1.47 bits per heavy atom. The van der Waals surface area contributed by atoms with E-state index >= 15 is 0 Å². The highest BCUT2D eigenvalue weighted by Crippen LogP contribution is 2.28. The van der Waals surface area contributed by atoms with Gasteiger partial charge in [-0.05, 0) is 0 Å². The number of nitrogens with two attached hydrogens (primary N) is 1. The first-order valence-electron chi connectivity index (χ1n) is 5.40. The fourth-order valence-electron chi connectivity index (χ4n) is 1.57. The van der Waals surface area contributed by atoms with E-state index in [2.05, 4.69) is 4.98 Å². The predicted molar refractivity (Wildman–Crippen MR) is 67.6 cm³/mol. The van der Waals surface area contributed by atoms with E-state index in [0.29, 0.717) is 37.0 Å². The van der Waals surface area contributed by atoms with Crippen LogP contribution in [0.4, 0.5) is 10.9 Å². The van der Waals surface area contributed by atoms with Crippen molar-refractivity contribution in [1.29, 1.82) is 0 Å². The van der Waals surface area contributed by atoms with Crippen LogP contribution in [-0.2, 0) is 4.74 Å². The summed E-state index contributed by atoms with van der Waals surface area (Å²) >= 11 is 1.33. The van der Waals surface area contributed by atoms with Gasteiger partial charge in [0.2, 0.25) is 0 Å². The fourth-order valence-corrected chi connectivity index (χ4v) is 2.45. The number of amides is 1. The zero-order valence-corrected chi connectivity index (χ0v) is 10.8. The molecular weight excluding hydrogens is 240 g/mol. The topological polar surface area (TPSA) is 71.7 Å². The highest BCUT2D eigenvalue weighted by Gasteiger charge is 2.24. The van der Waals surface area contributed by atoms with Crippen LogP contribution in [0.25, 0.3) is 0 Å². The summed E-state index contributed by atoms with van der Waals surface area (Å²) < 4.78 is 5.21. The molecule has 1 fully saturated rings. The lowest BCUT2D eigenvalue weighted by Gasteiger charge is -2.26. The molecule has 0 radical (unpaired) electrons. The van der Waals surface area contributed by atoms with Gasteiger partial charge in [-0.15, -0.1) is 0 Å². The summed E-state index contributed by atoms with van der Waals surface area (Å²) in [6.45, 7) is 2.41. The Kier molecular flexibility index (Phi) is 3.49. The minimum Gasteiger partial charge on any atom is -0.382 e. The van der Waals surface area contributed by atoms with Crippen LogP contribution in [0.15, 0.2) is 0 Å². The summed E-state index contributed by atoms with van der Waals surface area (Å²) in [5, 5.41) is 0.749. The summed E-state index contributed by atoms with van der Waals surface area (Å²) in [6, 6.07) is 0. The van der Waals surface area contributed by atoms with Gasteiger partial charge in [0.05, 0.1) is 13.2 Å². The van der Waals surface area contributed by atoms with Gasteiger partial charge in [0, 0.05) is 27.2 Å². The Bertz CT molecular complexity index is 412. The summed E-state index contributed by atoms with van der Waals surface area (Å²) in [5.41, 5.74) is 5.78. The Morgan fingerprint density at radius 3 is 2.65 bits per heavy atom. The molecule has 1 aliphatic heterocycles. The molecule has 6 nitrogen and oxygen atoms in total. The third kappa shape index (κ3) is 2.50. The van der Waals surface area contributed by atoms with E-state index in [4.69, 9.17) is 10.5 Å². The molecule has 0 saturated carbocycles. The van der Waals surface area contributed by atoms with E-state index in [1.54, 1.807) is 4.90 Å². The number of anilines is 2. The van der Waals surface area contributed by atoms with Crippen LogP contribution in [0.1, 0.15) is 9.67 Å². The maximum Gasteiger partial charge on any atom is 0.268 e. The van der Waals surface area contributed by atoms with Crippen molar-refractivity contribution in [1.82, 2.24) is 9.88 Å². The van der Waals surface area contributed by atoms with E-state index in [0.717, 1.165) is 5.13 Å². The number of rotatable bonds is 2. The average molecular weight is 256 g/mol. The normalized spacial score (nSPS) is 16.0. The predicted octanol–water partition coefficient (Wildman–Crippen LogP) is 0.264. The molecule has 2 heterocycles. The zero-order valence-electron chi connectivity index (χ0n) is 9.97. The Labute approximate surface area is 104 Å². The molecule has 0 atom stereocenters. The number of nitrogens with zero attached hydrogens (tertiary/aromatic N) is 3. The van der Waals surface area contributed by atoms with Crippen LogP contribution < -0.4 is 10.6 Å². The fraction of sp³-hybridized carbons (Fsp3) is 0.600. The minimum atomic E-state index is -0.0450. The van der Waals surface area contributed by atoms with Crippen molar-refractivity contribution in [2.45, 2.75) is 0 Å². The van der Waals surface area contributed by atoms with Crippen LogP contribution in [0.2, 0.25) is 0 Å². The van der Waals surface area contributed by atoms with Gasteiger partial charge in [0.25, 0.3) is 5.91 Å². The second-order valence-corrected chi connectivity index (χ2v) is 4.99. The van der Waals surface area contributed by atoms with Crippen molar-refractivity contribution in [2.24, 2.45) is 0 Å². The molecule has 0 bridgehead atoms. The van der Waals surface area contributed by atoms with Crippen molar-refractivity contribution in [3.63, 3.8) is 0 Å². The molecule has 0 unspecified atom stereocenters. The lowest BCUT2D eigenvalue weighted by molar-refractivity contribution is 0.0306. The largest absolute Gasteiger partial charge is 0.382 e. The molecule has 94 valence electrons. The molecule has 7 heteroatoms. The zero-order chi connectivity index (χ0) is 12.4. The van der Waals surface area contributed by atoms with Gasteiger partial charge < -0.3 is 20.3 Å². The molecule has 1 aromatic rings. The van der Waals surface area contributed by atoms with E-state index in [9.17, 15) is 4.79 Å². The van der Waals surface area contributed by atoms with Gasteiger partial charge in [-0.25, -0.2) is 4.98 Å². The van der Waals surface area contributed by atoms with E-state index in [-0.39, 0.29) is 5.91 Å². The summed E-state index contributed by atoms with van der Waals surface area (Å²) in [6.07, 6.45) is 0. The lowest BCUT2D eigenvalue weighted by Crippen LogP contribution is -2.40. The van der Waals surface area contributed by atoms with Crippen LogP contribution in [0.5, 0.6) is 0 Å². The second kappa shape index (κ2) is 4.89. The molecule has 2 rings (SSSR count). The first kappa shape index (κ1) is 12.1. The number of nitrogen functional groups attached to an aromatic ring is 1. The maximum atomic E-state index is 12.2. The lowest BCUT2D eigenvalue weighted by atomic mass is 10.3. The molecule has 1 aromatic heterocycles. The smallest absolute Gasteiger partial charge is 0.268 e.